The summed E-state index contributed by atoms with van der Waals surface area (Å²) in [7, 11) is 0. The van der Waals surface area contributed by atoms with Gasteiger partial charge in [-0.15, -0.1) is 0 Å². The summed E-state index contributed by atoms with van der Waals surface area (Å²) in [5.74, 6) is 0. The summed E-state index contributed by atoms with van der Waals surface area (Å²) < 4.78 is 2.51. The minimum atomic E-state index is -0.238. The zero-order valence-electron chi connectivity index (χ0n) is 20.3. The van der Waals surface area contributed by atoms with Crippen molar-refractivity contribution in [2.45, 2.75) is 31.7 Å². The van der Waals surface area contributed by atoms with E-state index < -0.39 is 0 Å². The standard InChI is InChI=1S/C31H23Cl3N2OS/c32-23-11-5-19(6-12-23)17-22-3-1-2-4-26-28(22)35-31-36(29(26)21-9-15-25(34)16-10-21)30(37)27(38-31)18-20-7-13-24(33)14-8-20/h5-18,29H,1-4H2/b22-17+,27-18+. The minimum Gasteiger partial charge on any atom is -0.272 e. The van der Waals surface area contributed by atoms with Gasteiger partial charge in [0.05, 0.1) is 16.3 Å². The first-order valence-corrected chi connectivity index (χ1v) is 14.4. The van der Waals surface area contributed by atoms with Crippen molar-refractivity contribution < 1.29 is 0 Å². The summed E-state index contributed by atoms with van der Waals surface area (Å²) in [5.41, 5.74) is 6.36. The fraction of sp³-hybridized carbons (Fsp3) is 0.161. The summed E-state index contributed by atoms with van der Waals surface area (Å²) in [5, 5.41) is 2.04. The molecule has 0 saturated heterocycles. The first kappa shape index (κ1) is 25.4. The van der Waals surface area contributed by atoms with Crippen molar-refractivity contribution in [2.75, 3.05) is 0 Å². The highest BCUT2D eigenvalue weighted by Crippen LogP contribution is 2.40. The molecule has 0 spiro atoms. The van der Waals surface area contributed by atoms with E-state index in [1.807, 2.05) is 83.4 Å². The van der Waals surface area contributed by atoms with Crippen LogP contribution in [0.1, 0.15) is 48.4 Å². The molecule has 0 fully saturated rings. The van der Waals surface area contributed by atoms with Crippen LogP contribution in [0.3, 0.4) is 0 Å². The van der Waals surface area contributed by atoms with Crippen molar-refractivity contribution >= 4 is 58.3 Å². The molecule has 190 valence electrons. The van der Waals surface area contributed by atoms with Gasteiger partial charge >= 0.3 is 0 Å². The zero-order chi connectivity index (χ0) is 26.2. The quantitative estimate of drug-likeness (QED) is 0.244. The van der Waals surface area contributed by atoms with Crippen LogP contribution in [0.2, 0.25) is 15.1 Å². The molecule has 1 aliphatic heterocycles. The Hall–Kier alpha value is -2.89. The number of hydrogen-bond acceptors (Lipinski definition) is 3. The van der Waals surface area contributed by atoms with Gasteiger partial charge < -0.3 is 0 Å². The van der Waals surface area contributed by atoms with E-state index in [4.69, 9.17) is 39.8 Å². The third kappa shape index (κ3) is 5.06. The highest BCUT2D eigenvalue weighted by molar-refractivity contribution is 7.07. The Kier molecular flexibility index (Phi) is 7.15. The Morgan fingerprint density at radius 1 is 0.763 bits per heavy atom. The van der Waals surface area contributed by atoms with E-state index in [2.05, 4.69) is 6.08 Å². The van der Waals surface area contributed by atoms with E-state index in [-0.39, 0.29) is 11.6 Å². The molecule has 6 rings (SSSR count). The lowest BCUT2D eigenvalue weighted by Gasteiger charge is -2.27. The molecule has 0 bridgehead atoms. The fourth-order valence-electron chi connectivity index (χ4n) is 5.13. The van der Waals surface area contributed by atoms with Crippen molar-refractivity contribution in [2.24, 2.45) is 4.99 Å². The van der Waals surface area contributed by atoms with Gasteiger partial charge in [0, 0.05) is 15.1 Å². The van der Waals surface area contributed by atoms with E-state index in [1.165, 1.54) is 22.5 Å². The van der Waals surface area contributed by atoms with Crippen LogP contribution < -0.4 is 14.9 Å². The van der Waals surface area contributed by atoms with Crippen LogP contribution in [0.5, 0.6) is 0 Å². The summed E-state index contributed by atoms with van der Waals surface area (Å²) in [4.78, 5) is 19.7. The molecule has 38 heavy (non-hydrogen) atoms. The molecule has 0 radical (unpaired) electrons. The number of allylic oxidation sites excluding steroid dienone is 2. The van der Waals surface area contributed by atoms with Crippen LogP contribution in [0.25, 0.3) is 12.2 Å². The van der Waals surface area contributed by atoms with Crippen LogP contribution in [0, 0.1) is 0 Å². The summed E-state index contributed by atoms with van der Waals surface area (Å²) in [6.45, 7) is 0. The number of hydrogen-bond donors (Lipinski definition) is 0. The van der Waals surface area contributed by atoms with Gasteiger partial charge in [-0.1, -0.05) is 82.5 Å². The second-order valence-corrected chi connectivity index (χ2v) is 11.8. The second kappa shape index (κ2) is 10.7. The Bertz CT molecular complexity index is 1750. The molecule has 7 heteroatoms. The SMILES string of the molecule is O=c1/c(=C\c2ccc(Cl)cc2)sc2n1C(c1ccc(Cl)cc1)C1=C(N=2)/C(=C/c2ccc(Cl)cc2)CCCC1. The molecule has 1 unspecified atom stereocenters. The van der Waals surface area contributed by atoms with Crippen LogP contribution >= 0.6 is 46.1 Å². The Labute approximate surface area is 239 Å². The van der Waals surface area contributed by atoms with E-state index >= 15 is 0 Å². The van der Waals surface area contributed by atoms with Crippen LogP contribution in [-0.2, 0) is 0 Å². The van der Waals surface area contributed by atoms with Gasteiger partial charge in [-0.05, 0) is 102 Å². The van der Waals surface area contributed by atoms with Crippen LogP contribution in [-0.4, -0.2) is 4.57 Å². The minimum absolute atomic E-state index is 0.0392. The van der Waals surface area contributed by atoms with Crippen molar-refractivity contribution in [1.29, 1.82) is 0 Å². The molecule has 0 amide bonds. The van der Waals surface area contributed by atoms with Gasteiger partial charge in [0.25, 0.3) is 5.56 Å². The lowest BCUT2D eigenvalue weighted by Crippen LogP contribution is -2.38. The van der Waals surface area contributed by atoms with Crippen molar-refractivity contribution in [3.63, 3.8) is 0 Å². The van der Waals surface area contributed by atoms with Gasteiger partial charge in [-0.2, -0.15) is 0 Å². The maximum absolute atomic E-state index is 13.9. The van der Waals surface area contributed by atoms with Crippen LogP contribution in [0.4, 0.5) is 0 Å². The van der Waals surface area contributed by atoms with E-state index in [0.29, 0.717) is 24.4 Å². The molecule has 0 N–H and O–H groups in total. The topological polar surface area (TPSA) is 34.4 Å². The Morgan fingerprint density at radius 3 is 1.95 bits per heavy atom. The van der Waals surface area contributed by atoms with Gasteiger partial charge in [-0.25, -0.2) is 4.99 Å². The van der Waals surface area contributed by atoms with E-state index in [0.717, 1.165) is 48.1 Å². The largest absolute Gasteiger partial charge is 0.272 e. The van der Waals surface area contributed by atoms with Gasteiger partial charge in [0.2, 0.25) is 0 Å². The third-order valence-corrected chi connectivity index (χ3v) is 8.69. The summed E-state index contributed by atoms with van der Waals surface area (Å²) in [6, 6.07) is 22.9. The molecule has 3 nitrogen and oxygen atoms in total. The second-order valence-electron chi connectivity index (χ2n) is 9.49. The number of thiazole rings is 1. The van der Waals surface area contributed by atoms with Gasteiger partial charge in [0.15, 0.2) is 4.80 Å². The maximum Gasteiger partial charge on any atom is 0.271 e. The van der Waals surface area contributed by atoms with Crippen molar-refractivity contribution in [3.8, 4) is 0 Å². The molecule has 1 atom stereocenters. The molecular formula is C31H23Cl3N2OS. The predicted molar refractivity (Wildman–Crippen MR) is 159 cm³/mol. The van der Waals surface area contributed by atoms with Gasteiger partial charge in [-0.3, -0.25) is 9.36 Å². The van der Waals surface area contributed by atoms with E-state index in [1.54, 1.807) is 0 Å². The average Bonchev–Trinajstić information content (AvgIpc) is 3.09. The molecule has 3 aromatic carbocycles. The smallest absolute Gasteiger partial charge is 0.271 e. The monoisotopic (exact) mass is 576 g/mol. The number of aromatic nitrogens is 1. The van der Waals surface area contributed by atoms with Crippen molar-refractivity contribution in [3.05, 3.63) is 141 Å². The van der Waals surface area contributed by atoms with Crippen molar-refractivity contribution in [1.82, 2.24) is 4.57 Å². The van der Waals surface area contributed by atoms with Gasteiger partial charge in [0.1, 0.15) is 0 Å². The maximum atomic E-state index is 13.9. The Morgan fingerprint density at radius 2 is 1.32 bits per heavy atom. The molecule has 1 aliphatic carbocycles. The number of benzene rings is 3. The number of rotatable bonds is 3. The molecule has 0 saturated carbocycles. The highest BCUT2D eigenvalue weighted by atomic mass is 35.5. The first-order chi connectivity index (χ1) is 18.5. The molecule has 2 heterocycles. The third-order valence-electron chi connectivity index (χ3n) is 6.95. The summed E-state index contributed by atoms with van der Waals surface area (Å²) in [6.07, 6.45) is 8.03. The zero-order valence-corrected chi connectivity index (χ0v) is 23.4. The van der Waals surface area contributed by atoms with E-state index in [9.17, 15) is 4.79 Å². The lowest BCUT2D eigenvalue weighted by molar-refractivity contribution is 0.573. The number of halogens is 3. The lowest BCUT2D eigenvalue weighted by atomic mass is 9.91. The number of nitrogens with zero attached hydrogens (tertiary/aromatic N) is 2. The fourth-order valence-corrected chi connectivity index (χ4v) is 6.51. The average molecular weight is 578 g/mol. The molecule has 2 aliphatic rings. The number of fused-ring (bicyclic) bond motifs is 1. The normalized spacial score (nSPS) is 18.7. The van der Waals surface area contributed by atoms with Crippen LogP contribution in [0.15, 0.2) is 99.4 Å². The first-order valence-electron chi connectivity index (χ1n) is 12.5. The highest BCUT2D eigenvalue weighted by Gasteiger charge is 2.31. The molecule has 1 aromatic heterocycles. The molecular weight excluding hydrogens is 555 g/mol. The Balaban J connectivity index is 1.58. The molecule has 4 aromatic rings. The summed E-state index contributed by atoms with van der Waals surface area (Å²) >= 11 is 19.9. The predicted octanol–water partition coefficient (Wildman–Crippen LogP) is 7.83.